The van der Waals surface area contributed by atoms with E-state index in [1.807, 2.05) is 64.6 Å². The molecule has 2 heterocycles. The molecule has 0 aliphatic rings. The van der Waals surface area contributed by atoms with Gasteiger partial charge in [-0.25, -0.2) is 9.13 Å². The Bertz CT molecular complexity index is 1330. The number of methoxy groups -OCH3 is 2. The monoisotopic (exact) mass is 534 g/mol. The molecule has 14 heteroatoms. The van der Waals surface area contributed by atoms with Crippen molar-refractivity contribution in [3.63, 3.8) is 0 Å². The molecule has 0 aliphatic heterocycles. The summed E-state index contributed by atoms with van der Waals surface area (Å²) >= 11 is 0. The Morgan fingerprint density at radius 3 is 1.51 bits per heavy atom. The summed E-state index contributed by atoms with van der Waals surface area (Å²) in [7, 11) is 10.6. The van der Waals surface area contributed by atoms with Gasteiger partial charge in [0.05, 0.1) is 53.8 Å². The minimum absolute atomic E-state index is 0.637. The first-order valence-electron chi connectivity index (χ1n) is 12.3. The van der Waals surface area contributed by atoms with Gasteiger partial charge in [0.25, 0.3) is 0 Å². The molecule has 0 saturated heterocycles. The number of hydrogen-bond donors (Lipinski definition) is 2. The van der Waals surface area contributed by atoms with Gasteiger partial charge in [0.15, 0.2) is 0 Å². The molecular formula is C25H34N12O2+2. The number of hydrogen-bond acceptors (Lipinski definition) is 10. The van der Waals surface area contributed by atoms with Gasteiger partial charge in [-0.1, -0.05) is 10.2 Å². The van der Waals surface area contributed by atoms with E-state index in [1.165, 1.54) is 0 Å². The van der Waals surface area contributed by atoms with Crippen LogP contribution >= 0.6 is 0 Å². The number of aromatic nitrogens is 6. The highest BCUT2D eigenvalue weighted by atomic mass is 16.5. The molecule has 0 radical (unpaired) electrons. The van der Waals surface area contributed by atoms with Gasteiger partial charge in [-0.2, -0.15) is 0 Å². The lowest BCUT2D eigenvalue weighted by Gasteiger charge is -2.13. The van der Waals surface area contributed by atoms with Crippen molar-refractivity contribution in [2.24, 2.45) is 48.6 Å². The minimum Gasteiger partial charge on any atom is -0.495 e. The second-order valence-electron chi connectivity index (χ2n) is 8.71. The topological polar surface area (TPSA) is 135 Å². The summed E-state index contributed by atoms with van der Waals surface area (Å²) in [5, 5.41) is 32.3. The minimum atomic E-state index is 0.637. The highest BCUT2D eigenvalue weighted by molar-refractivity contribution is 5.63. The Labute approximate surface area is 226 Å². The Morgan fingerprint density at radius 1 is 0.718 bits per heavy atom. The summed E-state index contributed by atoms with van der Waals surface area (Å²) < 4.78 is 18.0. The van der Waals surface area contributed by atoms with E-state index in [-0.39, 0.29) is 0 Å². The van der Waals surface area contributed by atoms with Gasteiger partial charge < -0.3 is 20.1 Å². The first-order chi connectivity index (χ1) is 18.9. The van der Waals surface area contributed by atoms with E-state index in [9.17, 15) is 0 Å². The second kappa shape index (κ2) is 12.6. The van der Waals surface area contributed by atoms with Gasteiger partial charge in [-0.05, 0) is 40.9 Å². The number of nitrogens with one attached hydrogen (secondary N) is 2. The zero-order valence-electron chi connectivity index (χ0n) is 23.0. The first kappa shape index (κ1) is 27.2. The number of anilines is 2. The number of benzene rings is 2. The van der Waals surface area contributed by atoms with Gasteiger partial charge in [0.1, 0.15) is 22.9 Å². The van der Waals surface area contributed by atoms with Crippen molar-refractivity contribution in [1.82, 2.24) is 19.6 Å². The van der Waals surface area contributed by atoms with Crippen LogP contribution in [-0.2, 0) is 28.2 Å². The molecule has 0 fully saturated rings. The third kappa shape index (κ3) is 6.71. The Balaban J connectivity index is 1.29. The van der Waals surface area contributed by atoms with Crippen molar-refractivity contribution in [2.45, 2.75) is 6.42 Å². The molecule has 0 bridgehead atoms. The van der Waals surface area contributed by atoms with Crippen molar-refractivity contribution in [2.75, 3.05) is 37.9 Å². The number of azo groups is 2. The predicted molar refractivity (Wildman–Crippen MR) is 145 cm³/mol. The molecule has 2 aromatic carbocycles. The molecule has 0 amide bonds. The lowest BCUT2D eigenvalue weighted by Crippen LogP contribution is -2.25. The normalized spacial score (nSPS) is 11.4. The van der Waals surface area contributed by atoms with Gasteiger partial charge in [-0.15, -0.1) is 9.36 Å². The van der Waals surface area contributed by atoms with Crippen molar-refractivity contribution >= 4 is 34.6 Å². The number of rotatable bonds is 12. The van der Waals surface area contributed by atoms with Crippen molar-refractivity contribution in [1.29, 1.82) is 0 Å². The largest absolute Gasteiger partial charge is 0.495 e. The molecule has 0 spiro atoms. The fraction of sp³-hybridized carbons (Fsp3) is 0.360. The average molecular weight is 535 g/mol. The number of aryl methyl sites for hydroxylation is 4. The molecule has 4 rings (SSSR count). The Kier molecular flexibility index (Phi) is 8.76. The maximum atomic E-state index is 5.55. The molecule has 0 saturated carbocycles. The van der Waals surface area contributed by atoms with E-state index in [0.29, 0.717) is 34.8 Å². The highest BCUT2D eigenvalue weighted by Crippen LogP contribution is 2.31. The van der Waals surface area contributed by atoms with Crippen LogP contribution in [0.1, 0.15) is 6.42 Å². The second-order valence-corrected chi connectivity index (χ2v) is 8.71. The van der Waals surface area contributed by atoms with Crippen LogP contribution in [0, 0.1) is 0 Å². The maximum Gasteiger partial charge on any atom is 0.403 e. The Hall–Kier alpha value is -4.88. The third-order valence-electron chi connectivity index (χ3n) is 5.87. The van der Waals surface area contributed by atoms with E-state index in [4.69, 9.17) is 9.47 Å². The molecule has 14 nitrogen and oxygen atoms in total. The highest BCUT2D eigenvalue weighted by Gasteiger charge is 2.13. The summed E-state index contributed by atoms with van der Waals surface area (Å²) in [4.78, 5) is 0. The molecule has 0 unspecified atom stereocenters. The fourth-order valence-electron chi connectivity index (χ4n) is 3.76. The first-order valence-corrected chi connectivity index (χ1v) is 12.3. The third-order valence-corrected chi connectivity index (χ3v) is 5.87. The molecule has 4 aromatic rings. The van der Waals surface area contributed by atoms with Crippen LogP contribution in [0.25, 0.3) is 0 Å². The van der Waals surface area contributed by atoms with E-state index in [0.717, 1.165) is 30.9 Å². The Morgan fingerprint density at radius 2 is 1.15 bits per heavy atom. The fourth-order valence-corrected chi connectivity index (χ4v) is 3.76. The lowest BCUT2D eigenvalue weighted by atomic mass is 10.2. The van der Waals surface area contributed by atoms with Crippen LogP contribution in [0.5, 0.6) is 11.5 Å². The van der Waals surface area contributed by atoms with Crippen LogP contribution in [-0.4, -0.2) is 46.9 Å². The average Bonchev–Trinajstić information content (AvgIpc) is 3.45. The molecule has 0 atom stereocenters. The summed E-state index contributed by atoms with van der Waals surface area (Å²) in [6.45, 7) is 1.48. The van der Waals surface area contributed by atoms with Gasteiger partial charge in [0, 0.05) is 35.5 Å². The molecular weight excluding hydrogens is 500 g/mol. The van der Waals surface area contributed by atoms with Crippen molar-refractivity contribution in [3.05, 3.63) is 49.1 Å². The van der Waals surface area contributed by atoms with E-state index < -0.39 is 0 Å². The van der Waals surface area contributed by atoms with Crippen LogP contribution in [0.15, 0.2) is 69.5 Å². The molecule has 39 heavy (non-hydrogen) atoms. The zero-order valence-corrected chi connectivity index (χ0v) is 23.0. The van der Waals surface area contributed by atoms with E-state index in [1.54, 1.807) is 45.4 Å². The molecule has 2 aromatic heterocycles. The zero-order chi connectivity index (χ0) is 27.8. The number of ether oxygens (including phenoxy) is 2. The van der Waals surface area contributed by atoms with Crippen LogP contribution in [0.3, 0.4) is 0 Å². The SMILES string of the molecule is COc1cc(N=Nc2n(C)nc[n+]2C)ccc1NCCCNc1ccc(N=Nc2n(C)nc[n+]2C)cc1OC. The molecule has 204 valence electrons. The summed E-state index contributed by atoms with van der Waals surface area (Å²) in [5.41, 5.74) is 3.14. The predicted octanol–water partition coefficient (Wildman–Crippen LogP) is 3.56. The molecule has 0 aliphatic carbocycles. The smallest absolute Gasteiger partial charge is 0.403 e. The van der Waals surface area contributed by atoms with Crippen LogP contribution in [0.4, 0.5) is 34.6 Å². The summed E-state index contributed by atoms with van der Waals surface area (Å²) in [6, 6.07) is 11.3. The van der Waals surface area contributed by atoms with Crippen molar-refractivity contribution in [3.8, 4) is 11.5 Å². The lowest BCUT2D eigenvalue weighted by molar-refractivity contribution is -0.659. The molecule has 2 N–H and O–H groups in total. The van der Waals surface area contributed by atoms with Crippen LogP contribution < -0.4 is 29.2 Å². The summed E-state index contributed by atoms with van der Waals surface area (Å²) in [5.74, 6) is 2.66. The van der Waals surface area contributed by atoms with Gasteiger partial charge in [-0.3, -0.25) is 0 Å². The van der Waals surface area contributed by atoms with Gasteiger partial charge >= 0.3 is 11.9 Å². The van der Waals surface area contributed by atoms with Crippen molar-refractivity contribution < 1.29 is 18.6 Å². The summed E-state index contributed by atoms with van der Waals surface area (Å²) in [6.07, 6.45) is 4.22. The van der Waals surface area contributed by atoms with Gasteiger partial charge in [0.2, 0.25) is 12.7 Å². The van der Waals surface area contributed by atoms with E-state index >= 15 is 0 Å². The standard InChI is InChI=1S/C25H32N12O2/c1-34-16-28-36(3)24(34)32-30-18-8-10-20(22(14-18)38-5)26-12-7-13-27-21-11-9-19(15-23(21)39-6)31-33-25-35(2)17-29-37(25)4/h8-11,14-17H,7,12-13H2,1-6H3/p+2. The quantitative estimate of drug-likeness (QED) is 0.162. The van der Waals surface area contributed by atoms with E-state index in [2.05, 4.69) is 41.3 Å². The van der Waals surface area contributed by atoms with Crippen LogP contribution in [0.2, 0.25) is 0 Å². The maximum absolute atomic E-state index is 5.55. The number of nitrogens with zero attached hydrogens (tertiary/aromatic N) is 10.